The average Bonchev–Trinajstić information content (AvgIpc) is 2.29. The highest BCUT2D eigenvalue weighted by Gasteiger charge is 2.08. The van der Waals surface area contributed by atoms with E-state index in [4.69, 9.17) is 10.9 Å². The van der Waals surface area contributed by atoms with E-state index in [9.17, 15) is 0 Å². The summed E-state index contributed by atoms with van der Waals surface area (Å²) >= 11 is 5.12. The summed E-state index contributed by atoms with van der Waals surface area (Å²) in [7, 11) is 0. The van der Waals surface area contributed by atoms with Crippen LogP contribution in [-0.2, 0) is 0 Å². The zero-order valence-corrected chi connectivity index (χ0v) is 12.4. The van der Waals surface area contributed by atoms with Crippen LogP contribution in [0.15, 0.2) is 32.7 Å². The van der Waals surface area contributed by atoms with Gasteiger partial charge >= 0.3 is 0 Å². The Morgan fingerprint density at radius 2 is 2.24 bits per heavy atom. The van der Waals surface area contributed by atoms with Crippen molar-refractivity contribution in [2.75, 3.05) is 5.75 Å². The second-order valence-corrected chi connectivity index (χ2v) is 6.21. The topological polar surface area (TPSA) is 58.6 Å². The maximum atomic E-state index is 8.76. The molecule has 0 radical (unpaired) electrons. The molecule has 17 heavy (non-hydrogen) atoms. The predicted molar refractivity (Wildman–Crippen MR) is 76.8 cm³/mol. The van der Waals surface area contributed by atoms with Gasteiger partial charge in [0.1, 0.15) is 0 Å². The van der Waals surface area contributed by atoms with Crippen LogP contribution < -0.4 is 5.73 Å². The van der Waals surface area contributed by atoms with Crippen molar-refractivity contribution in [3.8, 4) is 0 Å². The number of thioether (sulfide) groups is 1. The highest BCUT2D eigenvalue weighted by Crippen LogP contribution is 2.27. The van der Waals surface area contributed by atoms with Crippen molar-refractivity contribution < 1.29 is 5.21 Å². The standard InChI is InChI=1S/C12H17BrN2OS/c1-8(2)5-6-17-11-4-3-9(13)7-10(11)12(14)15-16/h3-4,7-8,16H,5-6H2,1-2H3,(H2,14,15). The molecule has 0 saturated heterocycles. The Balaban J connectivity index is 2.83. The van der Waals surface area contributed by atoms with Crippen LogP contribution in [0.1, 0.15) is 25.8 Å². The number of rotatable bonds is 5. The molecule has 0 saturated carbocycles. The summed E-state index contributed by atoms with van der Waals surface area (Å²) in [6.45, 7) is 4.40. The molecule has 1 aromatic rings. The van der Waals surface area contributed by atoms with E-state index >= 15 is 0 Å². The van der Waals surface area contributed by atoms with Crippen LogP contribution in [0.25, 0.3) is 0 Å². The lowest BCUT2D eigenvalue weighted by molar-refractivity contribution is 0.318. The van der Waals surface area contributed by atoms with E-state index in [0.717, 1.165) is 27.1 Å². The van der Waals surface area contributed by atoms with Gasteiger partial charge in [-0.25, -0.2) is 0 Å². The van der Waals surface area contributed by atoms with Gasteiger partial charge in [-0.3, -0.25) is 0 Å². The third-order valence-corrected chi connectivity index (χ3v) is 3.88. The lowest BCUT2D eigenvalue weighted by Crippen LogP contribution is -2.14. The number of amidine groups is 1. The van der Waals surface area contributed by atoms with Crippen molar-refractivity contribution in [3.05, 3.63) is 28.2 Å². The van der Waals surface area contributed by atoms with Gasteiger partial charge in [0.25, 0.3) is 0 Å². The van der Waals surface area contributed by atoms with Crippen LogP contribution in [0, 0.1) is 5.92 Å². The van der Waals surface area contributed by atoms with Gasteiger partial charge in [0.2, 0.25) is 0 Å². The van der Waals surface area contributed by atoms with Crippen LogP contribution in [-0.4, -0.2) is 16.8 Å². The quantitative estimate of drug-likeness (QED) is 0.286. The normalized spacial score (nSPS) is 12.1. The molecule has 0 amide bonds. The van der Waals surface area contributed by atoms with Crippen molar-refractivity contribution in [3.63, 3.8) is 0 Å². The Morgan fingerprint density at radius 3 is 2.82 bits per heavy atom. The minimum Gasteiger partial charge on any atom is -0.409 e. The van der Waals surface area contributed by atoms with Crippen molar-refractivity contribution in [1.29, 1.82) is 0 Å². The number of hydrogen-bond acceptors (Lipinski definition) is 3. The van der Waals surface area contributed by atoms with Gasteiger partial charge in [-0.1, -0.05) is 34.9 Å². The molecule has 0 fully saturated rings. The summed E-state index contributed by atoms with van der Waals surface area (Å²) in [5.74, 6) is 1.87. The minimum atomic E-state index is 0.151. The fourth-order valence-electron chi connectivity index (χ4n) is 1.29. The van der Waals surface area contributed by atoms with Gasteiger partial charge in [0, 0.05) is 14.9 Å². The molecule has 0 bridgehead atoms. The lowest BCUT2D eigenvalue weighted by Gasteiger charge is -2.09. The molecule has 0 aliphatic carbocycles. The van der Waals surface area contributed by atoms with Crippen LogP contribution in [0.4, 0.5) is 0 Å². The van der Waals surface area contributed by atoms with Gasteiger partial charge in [-0.05, 0) is 36.3 Å². The Hall–Kier alpha value is -0.680. The second-order valence-electron chi connectivity index (χ2n) is 4.16. The molecule has 0 atom stereocenters. The number of nitrogens with two attached hydrogens (primary N) is 1. The molecule has 3 N–H and O–H groups in total. The molecular formula is C12H17BrN2OS. The number of hydrogen-bond donors (Lipinski definition) is 2. The van der Waals surface area contributed by atoms with E-state index in [1.807, 2.05) is 18.2 Å². The van der Waals surface area contributed by atoms with Gasteiger partial charge in [-0.2, -0.15) is 0 Å². The number of halogens is 1. The molecule has 0 heterocycles. The predicted octanol–water partition coefficient (Wildman–Crippen LogP) is 3.68. The van der Waals surface area contributed by atoms with Crippen molar-refractivity contribution in [1.82, 2.24) is 0 Å². The average molecular weight is 317 g/mol. The minimum absolute atomic E-state index is 0.151. The van der Waals surface area contributed by atoms with E-state index in [2.05, 4.69) is 34.9 Å². The van der Waals surface area contributed by atoms with E-state index in [1.165, 1.54) is 0 Å². The van der Waals surface area contributed by atoms with Crippen molar-refractivity contribution in [2.24, 2.45) is 16.8 Å². The van der Waals surface area contributed by atoms with Crippen LogP contribution in [0.3, 0.4) is 0 Å². The Morgan fingerprint density at radius 1 is 1.53 bits per heavy atom. The maximum absolute atomic E-state index is 8.76. The number of oxime groups is 1. The third kappa shape index (κ3) is 4.60. The summed E-state index contributed by atoms with van der Waals surface area (Å²) in [5, 5.41) is 11.8. The largest absolute Gasteiger partial charge is 0.409 e. The fraction of sp³-hybridized carbons (Fsp3) is 0.417. The molecule has 1 aromatic carbocycles. The van der Waals surface area contributed by atoms with E-state index in [0.29, 0.717) is 5.92 Å². The first kappa shape index (κ1) is 14.4. The molecule has 0 spiro atoms. The van der Waals surface area contributed by atoms with Gasteiger partial charge < -0.3 is 10.9 Å². The van der Waals surface area contributed by atoms with E-state index in [-0.39, 0.29) is 5.84 Å². The maximum Gasteiger partial charge on any atom is 0.171 e. The Labute approximate surface area is 115 Å². The summed E-state index contributed by atoms with van der Waals surface area (Å²) < 4.78 is 0.923. The summed E-state index contributed by atoms with van der Waals surface area (Å²) in [4.78, 5) is 1.05. The van der Waals surface area contributed by atoms with Gasteiger partial charge in [0.15, 0.2) is 5.84 Å². The highest BCUT2D eigenvalue weighted by molar-refractivity contribution is 9.10. The molecular weight excluding hydrogens is 300 g/mol. The molecule has 0 aliphatic rings. The van der Waals surface area contributed by atoms with E-state index in [1.54, 1.807) is 11.8 Å². The first-order chi connectivity index (χ1) is 8.04. The molecule has 94 valence electrons. The Bertz CT molecular complexity index is 407. The zero-order chi connectivity index (χ0) is 12.8. The van der Waals surface area contributed by atoms with Crippen LogP contribution in [0.2, 0.25) is 0 Å². The number of nitrogens with zero attached hydrogens (tertiary/aromatic N) is 1. The first-order valence-corrected chi connectivity index (χ1v) is 7.22. The molecule has 0 aliphatic heterocycles. The molecule has 5 heteroatoms. The van der Waals surface area contributed by atoms with Crippen molar-refractivity contribution in [2.45, 2.75) is 25.2 Å². The molecule has 3 nitrogen and oxygen atoms in total. The smallest absolute Gasteiger partial charge is 0.171 e. The fourth-order valence-corrected chi connectivity index (χ4v) is 2.94. The third-order valence-electron chi connectivity index (χ3n) is 2.28. The second kappa shape index (κ2) is 6.91. The molecule has 0 aromatic heterocycles. The Kier molecular flexibility index (Phi) is 5.85. The van der Waals surface area contributed by atoms with Crippen LogP contribution >= 0.6 is 27.7 Å². The SMILES string of the molecule is CC(C)CCSc1ccc(Br)cc1/C(N)=N/O. The summed E-state index contributed by atoms with van der Waals surface area (Å²) in [5.41, 5.74) is 6.44. The monoisotopic (exact) mass is 316 g/mol. The zero-order valence-electron chi connectivity index (χ0n) is 9.98. The molecule has 1 rings (SSSR count). The highest BCUT2D eigenvalue weighted by atomic mass is 79.9. The number of benzene rings is 1. The summed E-state index contributed by atoms with van der Waals surface area (Å²) in [6, 6.07) is 5.82. The van der Waals surface area contributed by atoms with Crippen molar-refractivity contribution >= 4 is 33.5 Å². The van der Waals surface area contributed by atoms with Gasteiger partial charge in [0.05, 0.1) is 0 Å². The summed E-state index contributed by atoms with van der Waals surface area (Å²) in [6.07, 6.45) is 1.15. The lowest BCUT2D eigenvalue weighted by atomic mass is 10.2. The van der Waals surface area contributed by atoms with Crippen LogP contribution in [0.5, 0.6) is 0 Å². The van der Waals surface area contributed by atoms with Gasteiger partial charge in [-0.15, -0.1) is 11.8 Å². The molecule has 0 unspecified atom stereocenters. The van der Waals surface area contributed by atoms with E-state index < -0.39 is 0 Å². The first-order valence-electron chi connectivity index (χ1n) is 5.45.